The van der Waals surface area contributed by atoms with Crippen molar-refractivity contribution >= 4 is 17.4 Å². The van der Waals surface area contributed by atoms with E-state index in [0.29, 0.717) is 18.5 Å². The Bertz CT molecular complexity index is 493. The van der Waals surface area contributed by atoms with Crippen molar-refractivity contribution in [3.8, 4) is 0 Å². The van der Waals surface area contributed by atoms with Crippen LogP contribution in [0.2, 0.25) is 0 Å². The summed E-state index contributed by atoms with van der Waals surface area (Å²) in [4.78, 5) is 14.5. The van der Waals surface area contributed by atoms with Gasteiger partial charge >= 0.3 is 6.09 Å². The van der Waals surface area contributed by atoms with E-state index in [4.69, 9.17) is 4.74 Å². The van der Waals surface area contributed by atoms with Crippen LogP contribution in [0.4, 0.5) is 4.79 Å². The fourth-order valence-electron chi connectivity index (χ4n) is 2.89. The van der Waals surface area contributed by atoms with Crippen LogP contribution < -0.4 is 10.6 Å². The molecule has 22 heavy (non-hydrogen) atoms. The minimum Gasteiger partial charge on any atom is -0.444 e. The van der Waals surface area contributed by atoms with E-state index in [2.05, 4.69) is 29.7 Å². The Morgan fingerprint density at radius 2 is 2.14 bits per heavy atom. The number of alkyl carbamates (subject to hydrolysis) is 1. The molecule has 1 fully saturated rings. The first-order valence-electron chi connectivity index (χ1n) is 8.09. The zero-order valence-corrected chi connectivity index (χ0v) is 14.9. The van der Waals surface area contributed by atoms with E-state index in [0.717, 1.165) is 13.0 Å². The number of amides is 1. The third-order valence-electron chi connectivity index (χ3n) is 3.90. The van der Waals surface area contributed by atoms with E-state index in [1.807, 2.05) is 32.1 Å². The van der Waals surface area contributed by atoms with Gasteiger partial charge in [0.05, 0.1) is 0 Å². The maximum atomic E-state index is 11.8. The molecular weight excluding hydrogens is 296 g/mol. The lowest BCUT2D eigenvalue weighted by Crippen LogP contribution is -2.40. The molecule has 0 spiro atoms. The lowest BCUT2D eigenvalue weighted by molar-refractivity contribution is 0.0517. The Morgan fingerprint density at radius 3 is 2.77 bits per heavy atom. The summed E-state index contributed by atoms with van der Waals surface area (Å²) in [6.07, 6.45) is 3.26. The Kier molecular flexibility index (Phi) is 5.87. The molecule has 1 aromatic heterocycles. The molecule has 1 aliphatic carbocycles. The van der Waals surface area contributed by atoms with Gasteiger partial charge in [-0.25, -0.2) is 4.79 Å². The molecule has 124 valence electrons. The van der Waals surface area contributed by atoms with E-state index in [-0.39, 0.29) is 6.09 Å². The molecule has 5 heteroatoms. The van der Waals surface area contributed by atoms with Gasteiger partial charge in [-0.2, -0.15) is 0 Å². The molecule has 1 amide bonds. The van der Waals surface area contributed by atoms with Crippen LogP contribution in [-0.2, 0) is 11.3 Å². The summed E-state index contributed by atoms with van der Waals surface area (Å²) in [5.74, 6) is 0.494. The molecule has 0 aromatic carbocycles. The van der Waals surface area contributed by atoms with Crippen LogP contribution in [0.1, 0.15) is 49.8 Å². The number of rotatable bonds is 5. The van der Waals surface area contributed by atoms with Crippen molar-refractivity contribution in [2.24, 2.45) is 5.92 Å². The summed E-state index contributed by atoms with van der Waals surface area (Å²) in [5, 5.41) is 6.57. The largest absolute Gasteiger partial charge is 0.444 e. The van der Waals surface area contributed by atoms with E-state index < -0.39 is 5.60 Å². The van der Waals surface area contributed by atoms with Gasteiger partial charge < -0.3 is 15.4 Å². The maximum Gasteiger partial charge on any atom is 0.407 e. The average molecular weight is 324 g/mol. The molecular formula is C17H28N2O2S. The fraction of sp³-hybridized carbons (Fsp3) is 0.706. The number of nitrogens with one attached hydrogen (secondary N) is 2. The number of aryl methyl sites for hydroxylation is 1. The molecule has 0 bridgehead atoms. The van der Waals surface area contributed by atoms with Crippen molar-refractivity contribution in [1.82, 2.24) is 10.6 Å². The van der Waals surface area contributed by atoms with Gasteiger partial charge in [-0.05, 0) is 58.6 Å². The Balaban J connectivity index is 1.74. The second-order valence-electron chi connectivity index (χ2n) is 7.07. The molecule has 0 aliphatic heterocycles. The Hall–Kier alpha value is -1.07. The lowest BCUT2D eigenvalue weighted by Gasteiger charge is -2.23. The summed E-state index contributed by atoms with van der Waals surface area (Å²) in [5.41, 5.74) is -0.436. The molecule has 2 unspecified atom stereocenters. The Labute approximate surface area is 137 Å². The molecule has 2 N–H and O–H groups in total. The third kappa shape index (κ3) is 5.61. The molecule has 1 heterocycles. The summed E-state index contributed by atoms with van der Waals surface area (Å²) < 4.78 is 5.30. The van der Waals surface area contributed by atoms with Gasteiger partial charge in [0.2, 0.25) is 0 Å². The van der Waals surface area contributed by atoms with Gasteiger partial charge in [0.25, 0.3) is 0 Å². The molecule has 4 nitrogen and oxygen atoms in total. The van der Waals surface area contributed by atoms with Gasteiger partial charge in [0.1, 0.15) is 5.60 Å². The van der Waals surface area contributed by atoms with Gasteiger partial charge in [-0.15, -0.1) is 11.3 Å². The molecule has 2 rings (SSSR count). The molecule has 1 aromatic rings. The van der Waals surface area contributed by atoms with Crippen molar-refractivity contribution < 1.29 is 9.53 Å². The van der Waals surface area contributed by atoms with Crippen LogP contribution in [0.3, 0.4) is 0 Å². The van der Waals surface area contributed by atoms with E-state index in [1.54, 1.807) is 0 Å². The van der Waals surface area contributed by atoms with E-state index in [1.165, 1.54) is 22.6 Å². The normalized spacial score (nSPS) is 21.8. The van der Waals surface area contributed by atoms with Gasteiger partial charge in [0.15, 0.2) is 0 Å². The summed E-state index contributed by atoms with van der Waals surface area (Å²) in [7, 11) is 0. The number of ether oxygens (including phenoxy) is 1. The number of hydrogen-bond donors (Lipinski definition) is 2. The summed E-state index contributed by atoms with van der Waals surface area (Å²) >= 11 is 1.84. The van der Waals surface area contributed by atoms with Crippen molar-refractivity contribution in [2.45, 2.75) is 65.1 Å². The van der Waals surface area contributed by atoms with Crippen molar-refractivity contribution in [3.05, 3.63) is 21.9 Å². The minimum atomic E-state index is -0.436. The standard InChI is InChI=1S/C17H28N2O2S/c1-12-8-9-14(22-12)11-18-15-7-5-6-13(15)10-19-16(20)21-17(2,3)4/h8-9,13,15,18H,5-7,10-11H2,1-4H3,(H,19,20). The quantitative estimate of drug-likeness (QED) is 0.865. The fourth-order valence-corrected chi connectivity index (χ4v) is 3.73. The second-order valence-corrected chi connectivity index (χ2v) is 8.45. The SMILES string of the molecule is Cc1ccc(CNC2CCCC2CNC(=O)OC(C)(C)C)s1. The smallest absolute Gasteiger partial charge is 0.407 e. The predicted molar refractivity (Wildman–Crippen MR) is 91.3 cm³/mol. The second kappa shape index (κ2) is 7.47. The maximum absolute atomic E-state index is 11.8. The van der Waals surface area contributed by atoms with E-state index in [9.17, 15) is 4.79 Å². The number of carbonyl (C=O) groups is 1. The van der Waals surface area contributed by atoms with Crippen LogP contribution in [0, 0.1) is 12.8 Å². The summed E-state index contributed by atoms with van der Waals surface area (Å²) in [6, 6.07) is 4.84. The number of thiophene rings is 1. The van der Waals surface area contributed by atoms with Crippen LogP contribution in [0.25, 0.3) is 0 Å². The van der Waals surface area contributed by atoms with Crippen LogP contribution >= 0.6 is 11.3 Å². The van der Waals surface area contributed by atoms with E-state index >= 15 is 0 Å². The molecule has 2 atom stereocenters. The molecule has 0 radical (unpaired) electrons. The Morgan fingerprint density at radius 1 is 1.36 bits per heavy atom. The third-order valence-corrected chi connectivity index (χ3v) is 4.90. The lowest BCUT2D eigenvalue weighted by atomic mass is 10.0. The van der Waals surface area contributed by atoms with Crippen LogP contribution in [0.5, 0.6) is 0 Å². The average Bonchev–Trinajstić information content (AvgIpc) is 3.00. The highest BCUT2D eigenvalue weighted by molar-refractivity contribution is 7.11. The first-order valence-corrected chi connectivity index (χ1v) is 8.91. The highest BCUT2D eigenvalue weighted by Gasteiger charge is 2.27. The zero-order valence-electron chi connectivity index (χ0n) is 14.1. The van der Waals surface area contributed by atoms with Crippen molar-refractivity contribution in [1.29, 1.82) is 0 Å². The first kappa shape index (κ1) is 17.3. The van der Waals surface area contributed by atoms with Gasteiger partial charge in [-0.3, -0.25) is 0 Å². The summed E-state index contributed by atoms with van der Waals surface area (Å²) in [6.45, 7) is 9.40. The monoisotopic (exact) mass is 324 g/mol. The van der Waals surface area contributed by atoms with Gasteiger partial charge in [-0.1, -0.05) is 6.42 Å². The highest BCUT2D eigenvalue weighted by Crippen LogP contribution is 2.26. The van der Waals surface area contributed by atoms with Crippen molar-refractivity contribution in [3.63, 3.8) is 0 Å². The molecule has 1 aliphatic rings. The van der Waals surface area contributed by atoms with Gasteiger partial charge in [0, 0.05) is 28.9 Å². The van der Waals surface area contributed by atoms with Crippen molar-refractivity contribution in [2.75, 3.05) is 6.54 Å². The first-order chi connectivity index (χ1) is 10.3. The number of hydrogen-bond acceptors (Lipinski definition) is 4. The predicted octanol–water partition coefficient (Wildman–Crippen LogP) is 3.84. The minimum absolute atomic E-state index is 0.313. The van der Waals surface area contributed by atoms with Crippen LogP contribution in [-0.4, -0.2) is 24.3 Å². The number of carbonyl (C=O) groups excluding carboxylic acids is 1. The topological polar surface area (TPSA) is 50.4 Å². The highest BCUT2D eigenvalue weighted by atomic mass is 32.1. The zero-order chi connectivity index (χ0) is 16.2. The van der Waals surface area contributed by atoms with Crippen LogP contribution in [0.15, 0.2) is 12.1 Å². The molecule has 1 saturated carbocycles. The molecule has 0 saturated heterocycles.